The zero-order chi connectivity index (χ0) is 22.7. The van der Waals surface area contributed by atoms with Crippen LogP contribution >= 0.6 is 46.3 Å². The fourth-order valence-corrected chi connectivity index (χ4v) is 4.77. The maximum absolute atomic E-state index is 12.4. The lowest BCUT2D eigenvalue weighted by Gasteiger charge is -2.08. The largest absolute Gasteiger partial charge is 0.344 e. The van der Waals surface area contributed by atoms with Gasteiger partial charge in [-0.3, -0.25) is 9.59 Å². The molecular weight excluding hydrogens is 479 g/mol. The highest BCUT2D eigenvalue weighted by atomic mass is 35.5. The van der Waals surface area contributed by atoms with Gasteiger partial charge in [0.2, 0.25) is 5.91 Å². The first kappa shape index (κ1) is 23.5. The highest BCUT2D eigenvalue weighted by Crippen LogP contribution is 2.30. The monoisotopic (exact) mass is 498 g/mol. The van der Waals surface area contributed by atoms with Gasteiger partial charge in [0, 0.05) is 26.2 Å². The van der Waals surface area contributed by atoms with Crippen LogP contribution in [-0.4, -0.2) is 56.3 Å². The number of hydrogen-bond donors (Lipinski definition) is 1. The number of thioether (sulfide) groups is 1. The van der Waals surface area contributed by atoms with Crippen molar-refractivity contribution in [3.63, 3.8) is 0 Å². The summed E-state index contributed by atoms with van der Waals surface area (Å²) >= 11 is 14.5. The van der Waals surface area contributed by atoms with Crippen LogP contribution in [0.15, 0.2) is 23.4 Å². The Balaban J connectivity index is 1.68. The summed E-state index contributed by atoms with van der Waals surface area (Å²) in [6.07, 6.45) is 0. The van der Waals surface area contributed by atoms with Gasteiger partial charge in [-0.2, -0.15) is 0 Å². The SMILES string of the molecule is CCn1c(SCC(=O)Nc2nc(C)c(C(=O)N(C)C)s2)nnc1-c1ccc(Cl)c(Cl)c1. The average molecular weight is 499 g/mol. The van der Waals surface area contributed by atoms with Gasteiger partial charge in [-0.15, -0.1) is 10.2 Å². The number of nitrogens with zero attached hydrogens (tertiary/aromatic N) is 5. The molecule has 12 heteroatoms. The lowest BCUT2D eigenvalue weighted by atomic mass is 10.2. The first-order valence-electron chi connectivity index (χ1n) is 9.21. The maximum atomic E-state index is 12.4. The summed E-state index contributed by atoms with van der Waals surface area (Å²) in [6.45, 7) is 4.33. The van der Waals surface area contributed by atoms with Crippen molar-refractivity contribution in [1.29, 1.82) is 0 Å². The highest BCUT2D eigenvalue weighted by Gasteiger charge is 2.19. The number of anilines is 1. The third-order valence-corrected chi connectivity index (χ3v) is 6.95. The van der Waals surface area contributed by atoms with Crippen LogP contribution in [0.4, 0.5) is 5.13 Å². The minimum atomic E-state index is -0.246. The van der Waals surface area contributed by atoms with Crippen LogP contribution in [0, 0.1) is 6.92 Å². The molecule has 0 fully saturated rings. The van der Waals surface area contributed by atoms with Crippen molar-refractivity contribution < 1.29 is 9.59 Å². The van der Waals surface area contributed by atoms with Crippen molar-refractivity contribution in [3.8, 4) is 11.4 Å². The van der Waals surface area contributed by atoms with Gasteiger partial charge >= 0.3 is 0 Å². The summed E-state index contributed by atoms with van der Waals surface area (Å²) < 4.78 is 1.90. The van der Waals surface area contributed by atoms with Crippen LogP contribution in [-0.2, 0) is 11.3 Å². The van der Waals surface area contributed by atoms with Gasteiger partial charge < -0.3 is 14.8 Å². The van der Waals surface area contributed by atoms with Crippen LogP contribution in [0.2, 0.25) is 10.0 Å². The smallest absolute Gasteiger partial charge is 0.265 e. The van der Waals surface area contributed by atoms with E-state index in [9.17, 15) is 9.59 Å². The van der Waals surface area contributed by atoms with E-state index in [4.69, 9.17) is 23.2 Å². The molecule has 0 radical (unpaired) electrons. The van der Waals surface area contributed by atoms with E-state index in [1.807, 2.05) is 17.6 Å². The van der Waals surface area contributed by atoms with Crippen molar-refractivity contribution in [2.45, 2.75) is 25.5 Å². The summed E-state index contributed by atoms with van der Waals surface area (Å²) in [4.78, 5) is 30.8. The summed E-state index contributed by atoms with van der Waals surface area (Å²) in [5.41, 5.74) is 1.38. The first-order valence-corrected chi connectivity index (χ1v) is 11.8. The quantitative estimate of drug-likeness (QED) is 0.483. The molecule has 0 aliphatic heterocycles. The van der Waals surface area contributed by atoms with E-state index in [0.29, 0.717) is 43.3 Å². The number of nitrogens with one attached hydrogen (secondary N) is 1. The second-order valence-corrected chi connectivity index (χ2v) is 9.41. The third kappa shape index (κ3) is 5.38. The van der Waals surface area contributed by atoms with Gasteiger partial charge in [0.1, 0.15) is 4.88 Å². The number of benzene rings is 1. The molecule has 1 aromatic carbocycles. The number of carbonyl (C=O) groups excluding carboxylic acids is 2. The summed E-state index contributed by atoms with van der Waals surface area (Å²) in [7, 11) is 3.35. The molecule has 1 N–H and O–H groups in total. The van der Waals surface area contributed by atoms with Crippen LogP contribution in [0.5, 0.6) is 0 Å². The van der Waals surface area contributed by atoms with Crippen molar-refractivity contribution >= 4 is 63.2 Å². The lowest BCUT2D eigenvalue weighted by molar-refractivity contribution is -0.113. The molecule has 164 valence electrons. The number of aromatic nitrogens is 4. The first-order chi connectivity index (χ1) is 14.7. The van der Waals surface area contributed by atoms with Gasteiger partial charge in [-0.1, -0.05) is 46.3 Å². The number of halogens is 2. The second kappa shape index (κ2) is 9.99. The predicted molar refractivity (Wildman–Crippen MR) is 125 cm³/mol. The van der Waals surface area contributed by atoms with Gasteiger partial charge in [-0.05, 0) is 32.0 Å². The molecular formula is C19H20Cl2N6O2S2. The molecule has 31 heavy (non-hydrogen) atoms. The summed E-state index contributed by atoms with van der Waals surface area (Å²) in [6, 6.07) is 5.26. The Bertz CT molecular complexity index is 1130. The van der Waals surface area contributed by atoms with Crippen molar-refractivity contribution in [2.24, 2.45) is 0 Å². The zero-order valence-corrected chi connectivity index (χ0v) is 20.4. The molecule has 0 aliphatic carbocycles. The molecule has 0 bridgehead atoms. The van der Waals surface area contributed by atoms with Crippen LogP contribution in [0.25, 0.3) is 11.4 Å². The normalized spacial score (nSPS) is 10.9. The minimum absolute atomic E-state index is 0.120. The number of rotatable bonds is 7. The van der Waals surface area contributed by atoms with E-state index >= 15 is 0 Å². The zero-order valence-electron chi connectivity index (χ0n) is 17.3. The predicted octanol–water partition coefficient (Wildman–Crippen LogP) is 4.47. The second-order valence-electron chi connectivity index (χ2n) is 6.65. The van der Waals surface area contributed by atoms with Crippen molar-refractivity contribution in [1.82, 2.24) is 24.6 Å². The molecule has 0 saturated heterocycles. The topological polar surface area (TPSA) is 93.0 Å². The Kier molecular flexibility index (Phi) is 7.58. The van der Waals surface area contributed by atoms with E-state index in [1.54, 1.807) is 33.2 Å². The maximum Gasteiger partial charge on any atom is 0.265 e. The molecule has 0 unspecified atom stereocenters. The van der Waals surface area contributed by atoms with Gasteiger partial charge in [-0.25, -0.2) is 4.98 Å². The third-order valence-electron chi connectivity index (χ3n) is 4.19. The summed E-state index contributed by atoms with van der Waals surface area (Å²) in [5.74, 6) is 0.376. The molecule has 0 atom stereocenters. The molecule has 3 rings (SSSR count). The number of aryl methyl sites for hydroxylation is 1. The Labute approximate surface area is 198 Å². The Morgan fingerprint density at radius 2 is 1.97 bits per heavy atom. The van der Waals surface area contributed by atoms with Gasteiger partial charge in [0.25, 0.3) is 5.91 Å². The number of amides is 2. The minimum Gasteiger partial charge on any atom is -0.344 e. The molecule has 2 aromatic heterocycles. The molecule has 2 heterocycles. The Morgan fingerprint density at radius 1 is 1.23 bits per heavy atom. The lowest BCUT2D eigenvalue weighted by Crippen LogP contribution is -2.21. The van der Waals surface area contributed by atoms with E-state index in [0.717, 1.165) is 16.9 Å². The number of hydrogen-bond acceptors (Lipinski definition) is 7. The van der Waals surface area contributed by atoms with E-state index in [1.165, 1.54) is 16.7 Å². The molecule has 2 amide bonds. The highest BCUT2D eigenvalue weighted by molar-refractivity contribution is 7.99. The van der Waals surface area contributed by atoms with E-state index in [-0.39, 0.29) is 17.6 Å². The van der Waals surface area contributed by atoms with E-state index < -0.39 is 0 Å². The molecule has 3 aromatic rings. The van der Waals surface area contributed by atoms with Crippen molar-refractivity contribution in [3.05, 3.63) is 38.8 Å². The summed E-state index contributed by atoms with van der Waals surface area (Å²) in [5, 5.41) is 13.1. The van der Waals surface area contributed by atoms with Gasteiger partial charge in [0.05, 0.1) is 21.5 Å². The van der Waals surface area contributed by atoms with E-state index in [2.05, 4.69) is 20.5 Å². The Morgan fingerprint density at radius 3 is 2.61 bits per heavy atom. The Hall–Kier alpha value is -2.14. The molecule has 0 spiro atoms. The fraction of sp³-hybridized carbons (Fsp3) is 0.316. The van der Waals surface area contributed by atoms with Crippen molar-refractivity contribution in [2.75, 3.05) is 25.2 Å². The average Bonchev–Trinajstić information content (AvgIpc) is 3.30. The van der Waals surface area contributed by atoms with Crippen LogP contribution < -0.4 is 5.32 Å². The number of thiazole rings is 1. The number of carbonyl (C=O) groups is 2. The molecule has 0 aliphatic rings. The molecule has 0 saturated carbocycles. The van der Waals surface area contributed by atoms with Crippen LogP contribution in [0.1, 0.15) is 22.3 Å². The fourth-order valence-electron chi connectivity index (χ4n) is 2.67. The standard InChI is InChI=1S/C19H20Cl2N6O2S2/c1-5-27-16(11-6-7-12(20)13(21)8-11)24-25-19(27)30-9-14(28)23-18-22-10(2)15(31-18)17(29)26(3)4/h6-8H,5,9H2,1-4H3,(H,22,23,28). The molecule has 8 nitrogen and oxygen atoms in total. The van der Waals surface area contributed by atoms with Gasteiger partial charge in [0.15, 0.2) is 16.1 Å². The van der Waals surface area contributed by atoms with Crippen LogP contribution in [0.3, 0.4) is 0 Å².